The van der Waals surface area contributed by atoms with Gasteiger partial charge in [-0.2, -0.15) is 9.49 Å². The topological polar surface area (TPSA) is 135 Å². The number of rotatable bonds is 5. The van der Waals surface area contributed by atoms with Gasteiger partial charge in [0.15, 0.2) is 0 Å². The van der Waals surface area contributed by atoms with E-state index in [1.165, 1.54) is 0 Å². The molecule has 0 saturated carbocycles. The van der Waals surface area contributed by atoms with E-state index in [-0.39, 0.29) is 0 Å². The van der Waals surface area contributed by atoms with Crippen molar-refractivity contribution in [2.45, 2.75) is 31.7 Å². The lowest BCUT2D eigenvalue weighted by atomic mass is 9.56. The molecule has 1 aromatic carbocycles. The van der Waals surface area contributed by atoms with Crippen LogP contribution in [0.15, 0.2) is 17.2 Å². The normalized spacial score (nSPS) is 12.4. The van der Waals surface area contributed by atoms with Gasteiger partial charge in [0.1, 0.15) is 11.4 Å². The van der Waals surface area contributed by atoms with Crippen LogP contribution in [0.1, 0.15) is 26.3 Å². The van der Waals surface area contributed by atoms with E-state index in [0.717, 1.165) is 7.05 Å². The molecule has 9 nitrogen and oxygen atoms in total. The van der Waals surface area contributed by atoms with Gasteiger partial charge in [0.2, 0.25) is 5.82 Å². The maximum Gasteiger partial charge on any atom is 0.409 e. The zero-order valence-corrected chi connectivity index (χ0v) is 15.6. The summed E-state index contributed by atoms with van der Waals surface area (Å²) in [6.07, 6.45) is -1.02. The van der Waals surface area contributed by atoms with Crippen LogP contribution < -0.4 is 5.84 Å². The van der Waals surface area contributed by atoms with Gasteiger partial charge in [0.05, 0.1) is 38.1 Å². The van der Waals surface area contributed by atoms with Gasteiger partial charge in [0.25, 0.3) is 0 Å². The van der Waals surface area contributed by atoms with Gasteiger partial charge in [-0.25, -0.2) is 9.18 Å². The van der Waals surface area contributed by atoms with Crippen molar-refractivity contribution in [3.05, 3.63) is 39.4 Å². The highest BCUT2D eigenvalue weighted by molar-refractivity contribution is 6.67. The summed E-state index contributed by atoms with van der Waals surface area (Å²) >= 11 is 0. The lowest BCUT2D eigenvalue weighted by molar-refractivity contribution is -0.387. The van der Waals surface area contributed by atoms with Gasteiger partial charge in [-0.15, -0.1) is 0 Å². The highest BCUT2D eigenvalue weighted by Gasteiger charge is 2.38. The lowest BCUT2D eigenvalue weighted by Crippen LogP contribution is -2.59. The average Bonchev–Trinajstić information content (AvgIpc) is 2.54. The van der Waals surface area contributed by atoms with Gasteiger partial charge < -0.3 is 15.5 Å². The average molecular weight is 391 g/mol. The summed E-state index contributed by atoms with van der Waals surface area (Å²) in [7, 11) is 12.8. The van der Waals surface area contributed by atoms with Crippen molar-refractivity contribution < 1.29 is 23.2 Å². The third-order valence-corrected chi connectivity index (χ3v) is 3.45. The summed E-state index contributed by atoms with van der Waals surface area (Å²) < 4.78 is 33.2. The van der Waals surface area contributed by atoms with Gasteiger partial charge in [-0.3, -0.25) is 15.5 Å². The number of nitrogens with one attached hydrogen (secondary N) is 1. The Morgan fingerprint density at radius 3 is 2.32 bits per heavy atom. The van der Waals surface area contributed by atoms with E-state index in [2.05, 4.69) is 5.10 Å². The summed E-state index contributed by atoms with van der Waals surface area (Å²) in [6.45, 7) is 4.73. The molecule has 1 aromatic rings. The molecule has 0 aliphatic carbocycles. The van der Waals surface area contributed by atoms with E-state index in [1.54, 1.807) is 20.8 Å². The Bertz CT molecular complexity index is 856. The molecule has 0 aliphatic rings. The molecule has 0 heterocycles. The molecule has 1 rings (SSSR count). The van der Waals surface area contributed by atoms with E-state index >= 15 is 0 Å². The molecule has 0 aliphatic heterocycles. The number of amides is 1. The molecule has 0 atom stereocenters. The minimum absolute atomic E-state index is 0.344. The molecule has 0 bridgehead atoms. The molecular weight excluding hydrogens is 374 g/mol. The largest absolute Gasteiger partial charge is 0.444 e. The highest BCUT2D eigenvalue weighted by Crippen LogP contribution is 2.25. The molecular formula is C15H17B2F2N5O4. The van der Waals surface area contributed by atoms with E-state index < -0.39 is 56.3 Å². The number of nitro groups is 1. The van der Waals surface area contributed by atoms with Gasteiger partial charge in [-0.05, 0) is 26.8 Å². The lowest BCUT2D eigenvalue weighted by Gasteiger charge is -2.38. The van der Waals surface area contributed by atoms with Gasteiger partial charge >= 0.3 is 11.8 Å². The van der Waals surface area contributed by atoms with Crippen molar-refractivity contribution in [2.75, 3.05) is 7.05 Å². The first kappa shape index (κ1) is 23.1. The number of hydrogen-bond acceptors (Lipinski definition) is 7. The quantitative estimate of drug-likeness (QED) is 0.257. The van der Waals surface area contributed by atoms with Crippen LogP contribution in [0.5, 0.6) is 0 Å². The Labute approximate surface area is 162 Å². The standard InChI is InChI=1S/C15H17B2F2N5O4/c1-14(2,3)28-13(25)23(4)15(16,17)12(22-21)11(20)8-5-7(18)6-9(10(8)19)24(26)27/h5-6,20H,21H2,1-4H3/b20-11?,22-12+. The number of benzene rings is 1. The molecule has 0 aromatic heterocycles. The van der Waals surface area contributed by atoms with Crippen LogP contribution in [-0.2, 0) is 4.74 Å². The van der Waals surface area contributed by atoms with E-state index in [4.69, 9.17) is 31.7 Å². The van der Waals surface area contributed by atoms with E-state index in [9.17, 15) is 23.7 Å². The van der Waals surface area contributed by atoms with Crippen LogP contribution in [0.3, 0.4) is 0 Å². The van der Waals surface area contributed by atoms with Crippen LogP contribution in [0.2, 0.25) is 0 Å². The number of hydrogen-bond donors (Lipinski definition) is 2. The predicted octanol–water partition coefficient (Wildman–Crippen LogP) is 1.41. The molecule has 0 spiro atoms. The first-order valence-corrected chi connectivity index (χ1v) is 7.69. The highest BCUT2D eigenvalue weighted by atomic mass is 19.1. The fourth-order valence-corrected chi connectivity index (χ4v) is 2.03. The first-order chi connectivity index (χ1) is 12.6. The van der Waals surface area contributed by atoms with E-state index in [1.807, 2.05) is 0 Å². The van der Waals surface area contributed by atoms with E-state index in [0.29, 0.717) is 17.0 Å². The molecule has 0 unspecified atom stereocenters. The van der Waals surface area contributed by atoms with Gasteiger partial charge in [-0.1, -0.05) is 0 Å². The summed E-state index contributed by atoms with van der Waals surface area (Å²) in [6, 6.07) is 0.857. The number of nitrogens with two attached hydrogens (primary N) is 1. The Hall–Kier alpha value is -2.98. The van der Waals surface area contributed by atoms with Crippen LogP contribution in [-0.4, -0.2) is 61.0 Å². The third-order valence-electron chi connectivity index (χ3n) is 3.45. The first-order valence-electron chi connectivity index (χ1n) is 7.69. The number of nitro benzene ring substituents is 1. The van der Waals surface area contributed by atoms with Gasteiger partial charge in [0, 0.05) is 17.9 Å². The van der Waals surface area contributed by atoms with Crippen molar-refractivity contribution >= 4 is 38.9 Å². The van der Waals surface area contributed by atoms with Crippen molar-refractivity contribution in [1.82, 2.24) is 4.90 Å². The molecule has 0 saturated heterocycles. The fourth-order valence-electron chi connectivity index (χ4n) is 2.03. The molecule has 13 heteroatoms. The molecule has 28 heavy (non-hydrogen) atoms. The van der Waals surface area contributed by atoms with Crippen molar-refractivity contribution in [1.29, 1.82) is 5.41 Å². The minimum Gasteiger partial charge on any atom is -0.444 e. The van der Waals surface area contributed by atoms with Crippen LogP contribution >= 0.6 is 0 Å². The number of halogens is 2. The molecule has 146 valence electrons. The SMILES string of the molecule is [B]C([B])(/C(=N/N)C(=N)c1cc(F)cc([N+](=O)[O-])c1F)N(C)C(=O)OC(C)(C)C. The van der Waals surface area contributed by atoms with Crippen LogP contribution in [0.4, 0.5) is 19.3 Å². The van der Waals surface area contributed by atoms with Crippen LogP contribution in [0.25, 0.3) is 0 Å². The van der Waals surface area contributed by atoms with Crippen molar-refractivity contribution in [2.24, 2.45) is 10.9 Å². The number of ether oxygens (including phenoxy) is 1. The van der Waals surface area contributed by atoms with Crippen molar-refractivity contribution in [3.8, 4) is 0 Å². The predicted molar refractivity (Wildman–Crippen MR) is 99.7 cm³/mol. The summed E-state index contributed by atoms with van der Waals surface area (Å²) in [4.78, 5) is 22.5. The zero-order chi connectivity index (χ0) is 22.0. The zero-order valence-electron chi connectivity index (χ0n) is 15.6. The number of hydrazone groups is 1. The summed E-state index contributed by atoms with van der Waals surface area (Å²) in [5.41, 5.74) is -4.70. The Morgan fingerprint density at radius 1 is 1.36 bits per heavy atom. The number of carbonyl (C=O) groups is 1. The Kier molecular flexibility index (Phi) is 6.55. The minimum atomic E-state index is -2.39. The second-order valence-corrected chi connectivity index (χ2v) is 6.76. The molecule has 4 radical (unpaired) electrons. The maximum absolute atomic E-state index is 14.4. The second kappa shape index (κ2) is 7.95. The smallest absolute Gasteiger partial charge is 0.409 e. The van der Waals surface area contributed by atoms with Crippen molar-refractivity contribution in [3.63, 3.8) is 0 Å². The summed E-state index contributed by atoms with van der Waals surface area (Å²) in [5, 5.41) is 19.8. The fraction of sp³-hybridized carbons (Fsp3) is 0.400. The summed E-state index contributed by atoms with van der Waals surface area (Å²) in [5.74, 6) is 2.50. The number of carbonyl (C=O) groups excluding carboxylic acids is 1. The molecule has 3 N–H and O–H groups in total. The monoisotopic (exact) mass is 391 g/mol. The molecule has 0 fully saturated rings. The van der Waals surface area contributed by atoms with Crippen LogP contribution in [0, 0.1) is 27.2 Å². The second-order valence-electron chi connectivity index (χ2n) is 6.76. The Balaban J connectivity index is 3.39. The number of nitrogens with zero attached hydrogens (tertiary/aromatic N) is 3. The maximum atomic E-state index is 14.4. The molecule has 1 amide bonds. The Morgan fingerprint density at radius 2 is 1.89 bits per heavy atom. The third kappa shape index (κ3) is 4.84.